The van der Waals surface area contributed by atoms with Crippen LogP contribution in [0.3, 0.4) is 0 Å². The number of amides is 2. The van der Waals surface area contributed by atoms with Crippen molar-refractivity contribution in [1.29, 1.82) is 0 Å². The summed E-state index contributed by atoms with van der Waals surface area (Å²) in [5.74, 6) is -0.385. The monoisotopic (exact) mass is 285 g/mol. The standard InChI is InChI=1S/C15H15N3O3/c1-2-21-13-6-4-3-5-11(13)18-15(20)10-7-8-12(14(16)19)17-9-10/h3-9H,2H2,1H3,(H2,16,19)(H,18,20). The molecule has 2 rings (SSSR count). The van der Waals surface area contributed by atoms with E-state index in [4.69, 9.17) is 10.5 Å². The van der Waals surface area contributed by atoms with Gasteiger partial charge in [-0.25, -0.2) is 0 Å². The molecule has 0 unspecified atom stereocenters. The lowest BCUT2D eigenvalue weighted by molar-refractivity contribution is 0.0990. The van der Waals surface area contributed by atoms with Gasteiger partial charge in [-0.15, -0.1) is 0 Å². The molecule has 0 bridgehead atoms. The molecule has 0 aliphatic carbocycles. The van der Waals surface area contributed by atoms with E-state index in [0.717, 1.165) is 0 Å². The lowest BCUT2D eigenvalue weighted by atomic mass is 10.2. The molecule has 6 nitrogen and oxygen atoms in total. The number of carbonyl (C=O) groups excluding carboxylic acids is 2. The van der Waals surface area contributed by atoms with Gasteiger partial charge in [0.2, 0.25) is 0 Å². The first-order chi connectivity index (χ1) is 10.1. The maximum Gasteiger partial charge on any atom is 0.267 e. The van der Waals surface area contributed by atoms with Crippen molar-refractivity contribution in [2.24, 2.45) is 5.73 Å². The fourth-order valence-electron chi connectivity index (χ4n) is 1.72. The second kappa shape index (κ2) is 6.51. The second-order valence-corrected chi connectivity index (χ2v) is 4.18. The number of nitrogens with two attached hydrogens (primary N) is 1. The Morgan fingerprint density at radius 3 is 2.62 bits per heavy atom. The summed E-state index contributed by atoms with van der Waals surface area (Å²) in [6.45, 7) is 2.37. The van der Waals surface area contributed by atoms with E-state index in [1.54, 1.807) is 18.2 Å². The van der Waals surface area contributed by atoms with Gasteiger partial charge in [0.05, 0.1) is 17.9 Å². The van der Waals surface area contributed by atoms with Gasteiger partial charge in [0.25, 0.3) is 11.8 Å². The molecule has 0 radical (unpaired) electrons. The quantitative estimate of drug-likeness (QED) is 0.876. The van der Waals surface area contributed by atoms with Gasteiger partial charge < -0.3 is 15.8 Å². The second-order valence-electron chi connectivity index (χ2n) is 4.18. The molecule has 0 aliphatic heterocycles. The van der Waals surface area contributed by atoms with Crippen molar-refractivity contribution < 1.29 is 14.3 Å². The van der Waals surface area contributed by atoms with Gasteiger partial charge in [-0.05, 0) is 31.2 Å². The van der Waals surface area contributed by atoms with E-state index in [-0.39, 0.29) is 11.6 Å². The predicted molar refractivity (Wildman–Crippen MR) is 78.3 cm³/mol. The summed E-state index contributed by atoms with van der Waals surface area (Å²) >= 11 is 0. The Labute approximate surface area is 121 Å². The summed E-state index contributed by atoms with van der Waals surface area (Å²) in [5, 5.41) is 2.74. The first kappa shape index (κ1) is 14.5. The number of carbonyl (C=O) groups is 2. The van der Waals surface area contributed by atoms with Gasteiger partial charge in [-0.3, -0.25) is 14.6 Å². The first-order valence-corrected chi connectivity index (χ1v) is 6.41. The summed E-state index contributed by atoms with van der Waals surface area (Å²) in [5.41, 5.74) is 6.11. The molecule has 3 N–H and O–H groups in total. The minimum absolute atomic E-state index is 0.112. The van der Waals surface area contributed by atoms with Crippen LogP contribution in [0.1, 0.15) is 27.8 Å². The largest absolute Gasteiger partial charge is 0.492 e. The predicted octanol–water partition coefficient (Wildman–Crippen LogP) is 1.83. The van der Waals surface area contributed by atoms with Crippen LogP contribution in [0.4, 0.5) is 5.69 Å². The molecule has 0 aliphatic rings. The molecular weight excluding hydrogens is 270 g/mol. The van der Waals surface area contributed by atoms with Crippen molar-refractivity contribution in [3.05, 3.63) is 53.9 Å². The number of nitrogens with one attached hydrogen (secondary N) is 1. The minimum Gasteiger partial charge on any atom is -0.492 e. The third-order valence-electron chi connectivity index (χ3n) is 2.71. The van der Waals surface area contributed by atoms with Gasteiger partial charge in [0, 0.05) is 6.20 Å². The van der Waals surface area contributed by atoms with Crippen molar-refractivity contribution >= 4 is 17.5 Å². The zero-order valence-corrected chi connectivity index (χ0v) is 11.5. The molecule has 1 aromatic carbocycles. The Kier molecular flexibility index (Phi) is 4.50. The van der Waals surface area contributed by atoms with Crippen LogP contribution >= 0.6 is 0 Å². The number of hydrogen-bond donors (Lipinski definition) is 2. The molecule has 108 valence electrons. The van der Waals surface area contributed by atoms with Gasteiger partial charge in [0.1, 0.15) is 11.4 Å². The molecular formula is C15H15N3O3. The Morgan fingerprint density at radius 1 is 1.24 bits per heavy atom. The number of hydrogen-bond acceptors (Lipinski definition) is 4. The molecule has 0 saturated carbocycles. The first-order valence-electron chi connectivity index (χ1n) is 6.41. The van der Waals surface area contributed by atoms with Crippen molar-refractivity contribution in [3.63, 3.8) is 0 Å². The topological polar surface area (TPSA) is 94.3 Å². The highest BCUT2D eigenvalue weighted by atomic mass is 16.5. The molecule has 21 heavy (non-hydrogen) atoms. The SMILES string of the molecule is CCOc1ccccc1NC(=O)c1ccc(C(N)=O)nc1. The third kappa shape index (κ3) is 3.56. The lowest BCUT2D eigenvalue weighted by Gasteiger charge is -2.11. The number of ether oxygens (including phenoxy) is 1. The molecule has 2 aromatic rings. The summed E-state index contributed by atoms with van der Waals surface area (Å²) in [6.07, 6.45) is 1.30. The van der Waals surface area contributed by atoms with Crippen molar-refractivity contribution in [3.8, 4) is 5.75 Å². The van der Waals surface area contributed by atoms with Gasteiger partial charge in [-0.1, -0.05) is 12.1 Å². The van der Waals surface area contributed by atoms with Crippen LogP contribution in [0.2, 0.25) is 0 Å². The highest BCUT2D eigenvalue weighted by Crippen LogP contribution is 2.24. The number of pyridine rings is 1. The van der Waals surface area contributed by atoms with E-state index < -0.39 is 5.91 Å². The number of para-hydroxylation sites is 2. The summed E-state index contributed by atoms with van der Waals surface area (Å²) in [7, 11) is 0. The van der Waals surface area contributed by atoms with E-state index in [9.17, 15) is 9.59 Å². The molecule has 0 atom stereocenters. The van der Waals surface area contributed by atoms with Crippen molar-refractivity contribution in [1.82, 2.24) is 4.98 Å². The zero-order chi connectivity index (χ0) is 15.2. The molecule has 1 aromatic heterocycles. The molecule has 2 amide bonds. The highest BCUT2D eigenvalue weighted by molar-refractivity contribution is 6.05. The van der Waals surface area contributed by atoms with Crippen LogP contribution < -0.4 is 15.8 Å². The summed E-state index contributed by atoms with van der Waals surface area (Å²) < 4.78 is 5.43. The van der Waals surface area contributed by atoms with Gasteiger partial charge >= 0.3 is 0 Å². The van der Waals surface area contributed by atoms with Gasteiger partial charge in [-0.2, -0.15) is 0 Å². The molecule has 0 spiro atoms. The number of nitrogens with zero attached hydrogens (tertiary/aromatic N) is 1. The summed E-state index contributed by atoms with van der Waals surface area (Å²) in [4.78, 5) is 26.9. The van der Waals surface area contributed by atoms with E-state index in [1.807, 2.05) is 13.0 Å². The van der Waals surface area contributed by atoms with Gasteiger partial charge in [0.15, 0.2) is 0 Å². The maximum absolute atomic E-state index is 12.1. The van der Waals surface area contributed by atoms with Crippen LogP contribution in [-0.2, 0) is 0 Å². The maximum atomic E-state index is 12.1. The Hall–Kier alpha value is -2.89. The number of rotatable bonds is 5. The normalized spacial score (nSPS) is 9.95. The smallest absolute Gasteiger partial charge is 0.267 e. The third-order valence-corrected chi connectivity index (χ3v) is 2.71. The van der Waals surface area contributed by atoms with Crippen LogP contribution in [0.25, 0.3) is 0 Å². The van der Waals surface area contributed by atoms with Crippen LogP contribution in [0, 0.1) is 0 Å². The fourth-order valence-corrected chi connectivity index (χ4v) is 1.72. The van der Waals surface area contributed by atoms with E-state index >= 15 is 0 Å². The molecule has 1 heterocycles. The minimum atomic E-state index is -0.636. The van der Waals surface area contributed by atoms with Crippen molar-refractivity contribution in [2.45, 2.75) is 6.92 Å². The molecule has 0 fully saturated rings. The Balaban J connectivity index is 2.16. The number of primary amides is 1. The number of benzene rings is 1. The number of aromatic nitrogens is 1. The highest BCUT2D eigenvalue weighted by Gasteiger charge is 2.11. The van der Waals surface area contributed by atoms with Crippen LogP contribution in [-0.4, -0.2) is 23.4 Å². The van der Waals surface area contributed by atoms with E-state index in [0.29, 0.717) is 23.6 Å². The molecule has 6 heteroatoms. The van der Waals surface area contributed by atoms with Crippen molar-refractivity contribution in [2.75, 3.05) is 11.9 Å². The average Bonchev–Trinajstić information content (AvgIpc) is 2.49. The Morgan fingerprint density at radius 2 is 2.00 bits per heavy atom. The fraction of sp³-hybridized carbons (Fsp3) is 0.133. The average molecular weight is 285 g/mol. The zero-order valence-electron chi connectivity index (χ0n) is 11.5. The molecule has 0 saturated heterocycles. The Bertz CT molecular complexity index is 653. The van der Waals surface area contributed by atoms with Crippen LogP contribution in [0.15, 0.2) is 42.6 Å². The van der Waals surface area contributed by atoms with E-state index in [2.05, 4.69) is 10.3 Å². The number of anilines is 1. The van der Waals surface area contributed by atoms with Crippen LogP contribution in [0.5, 0.6) is 5.75 Å². The van der Waals surface area contributed by atoms with E-state index in [1.165, 1.54) is 18.3 Å². The summed E-state index contributed by atoms with van der Waals surface area (Å²) in [6, 6.07) is 10.0. The lowest BCUT2D eigenvalue weighted by Crippen LogP contribution is -2.16.